The van der Waals surface area contributed by atoms with E-state index in [0.29, 0.717) is 11.6 Å². The smallest absolute Gasteiger partial charge is 0.412 e. The average Bonchev–Trinajstić information content (AvgIpc) is 3.56. The van der Waals surface area contributed by atoms with Gasteiger partial charge < -0.3 is 10.1 Å². The number of nitrogens with zero attached hydrogens (tertiary/aromatic N) is 1. The Balaban J connectivity index is 1.32. The SMILES string of the molecule is C[C@H]1CC1(CC1CC1)N1CCC(Nc2ccccc2NC(=O)OC(C)(C)C)CC1. The van der Waals surface area contributed by atoms with Crippen LogP contribution in [0.1, 0.15) is 66.2 Å². The molecule has 1 unspecified atom stereocenters. The van der Waals surface area contributed by atoms with Crippen molar-refractivity contribution in [3.63, 3.8) is 0 Å². The second-order valence-electron chi connectivity index (χ2n) is 10.4. The molecule has 1 aromatic carbocycles. The summed E-state index contributed by atoms with van der Waals surface area (Å²) < 4.78 is 5.41. The molecule has 1 aromatic rings. The van der Waals surface area contributed by atoms with Gasteiger partial charge in [-0.25, -0.2) is 4.79 Å². The molecule has 1 amide bonds. The highest BCUT2D eigenvalue weighted by molar-refractivity contribution is 5.89. The van der Waals surface area contributed by atoms with Crippen LogP contribution in [0.2, 0.25) is 0 Å². The second kappa shape index (κ2) is 7.82. The van der Waals surface area contributed by atoms with E-state index < -0.39 is 11.7 Å². The van der Waals surface area contributed by atoms with Crippen LogP contribution in [-0.2, 0) is 4.74 Å². The molecule has 5 nitrogen and oxygen atoms in total. The second-order valence-corrected chi connectivity index (χ2v) is 10.4. The number of benzene rings is 1. The van der Waals surface area contributed by atoms with Crippen LogP contribution < -0.4 is 10.6 Å². The number of hydrogen-bond acceptors (Lipinski definition) is 4. The molecule has 0 bridgehead atoms. The third kappa shape index (κ3) is 5.06. The molecule has 1 aliphatic heterocycles. The fourth-order valence-corrected chi connectivity index (χ4v) is 4.97. The van der Waals surface area contributed by atoms with E-state index in [-0.39, 0.29) is 0 Å². The summed E-state index contributed by atoms with van der Waals surface area (Å²) in [6.07, 6.45) is 7.62. The predicted octanol–water partition coefficient (Wildman–Crippen LogP) is 5.49. The Morgan fingerprint density at radius 3 is 2.31 bits per heavy atom. The number of ether oxygens (including phenoxy) is 1. The Morgan fingerprint density at radius 2 is 1.76 bits per heavy atom. The minimum absolute atomic E-state index is 0.411. The predicted molar refractivity (Wildman–Crippen MR) is 118 cm³/mol. The van der Waals surface area contributed by atoms with E-state index in [1.807, 2.05) is 45.0 Å². The summed E-state index contributed by atoms with van der Waals surface area (Å²) in [6.45, 7) is 10.4. The molecule has 0 spiro atoms. The van der Waals surface area contributed by atoms with Gasteiger partial charge >= 0.3 is 6.09 Å². The molecule has 0 aromatic heterocycles. The molecule has 2 atom stereocenters. The van der Waals surface area contributed by atoms with E-state index in [9.17, 15) is 4.79 Å². The molecule has 3 fully saturated rings. The Kier molecular flexibility index (Phi) is 5.54. The van der Waals surface area contributed by atoms with Gasteiger partial charge in [-0.1, -0.05) is 31.9 Å². The molecular formula is C24H37N3O2. The number of amides is 1. The minimum Gasteiger partial charge on any atom is -0.444 e. The quantitative estimate of drug-likeness (QED) is 0.664. The number of likely N-dealkylation sites (tertiary alicyclic amines) is 1. The monoisotopic (exact) mass is 399 g/mol. The van der Waals surface area contributed by atoms with Gasteiger partial charge in [-0.3, -0.25) is 10.2 Å². The van der Waals surface area contributed by atoms with Gasteiger partial charge in [-0.15, -0.1) is 0 Å². The standard InChI is InChI=1S/C24H37N3O2/c1-17-15-24(17,16-18-9-10-18)27-13-11-19(12-14-27)25-20-7-5-6-8-21(20)26-22(28)29-23(2,3)4/h5-8,17-19,25H,9-16H2,1-4H3,(H,26,28)/t17-,24?/m0/s1. The van der Waals surface area contributed by atoms with Gasteiger partial charge in [0.2, 0.25) is 0 Å². The van der Waals surface area contributed by atoms with Crippen molar-refractivity contribution in [1.29, 1.82) is 0 Å². The van der Waals surface area contributed by atoms with Crippen LogP contribution in [0.3, 0.4) is 0 Å². The fraction of sp³-hybridized carbons (Fsp3) is 0.708. The van der Waals surface area contributed by atoms with Gasteiger partial charge in [-0.05, 0) is 70.4 Å². The summed E-state index contributed by atoms with van der Waals surface area (Å²) in [7, 11) is 0. The van der Waals surface area contributed by atoms with Crippen molar-refractivity contribution in [2.24, 2.45) is 11.8 Å². The Hall–Kier alpha value is -1.75. The summed E-state index contributed by atoms with van der Waals surface area (Å²) in [4.78, 5) is 15.0. The summed E-state index contributed by atoms with van der Waals surface area (Å²) in [6, 6.07) is 8.36. The normalized spacial score (nSPS) is 28.1. The number of carbonyl (C=O) groups is 1. The van der Waals surface area contributed by atoms with Crippen molar-refractivity contribution in [2.75, 3.05) is 23.7 Å². The molecule has 4 rings (SSSR count). The third-order valence-electron chi connectivity index (χ3n) is 6.80. The summed E-state index contributed by atoms with van der Waals surface area (Å²) in [5, 5.41) is 6.58. The van der Waals surface area contributed by atoms with Crippen molar-refractivity contribution >= 4 is 17.5 Å². The lowest BCUT2D eigenvalue weighted by Gasteiger charge is -2.39. The van der Waals surface area contributed by atoms with Crippen molar-refractivity contribution < 1.29 is 9.53 Å². The molecule has 160 valence electrons. The lowest BCUT2D eigenvalue weighted by atomic mass is 9.97. The van der Waals surface area contributed by atoms with Gasteiger partial charge in [0, 0.05) is 24.7 Å². The molecule has 1 heterocycles. The highest BCUT2D eigenvalue weighted by atomic mass is 16.6. The van der Waals surface area contributed by atoms with Crippen LogP contribution in [0.4, 0.5) is 16.2 Å². The Bertz CT molecular complexity index is 732. The van der Waals surface area contributed by atoms with Crippen molar-refractivity contribution in [2.45, 2.75) is 83.4 Å². The molecular weight excluding hydrogens is 362 g/mol. The maximum atomic E-state index is 12.2. The maximum Gasteiger partial charge on any atom is 0.412 e. The van der Waals surface area contributed by atoms with Crippen molar-refractivity contribution in [1.82, 2.24) is 4.90 Å². The van der Waals surface area contributed by atoms with Crippen molar-refractivity contribution in [3.05, 3.63) is 24.3 Å². The van der Waals surface area contributed by atoms with E-state index in [1.165, 1.54) is 38.8 Å². The van der Waals surface area contributed by atoms with Gasteiger partial charge in [-0.2, -0.15) is 0 Å². The molecule has 2 aliphatic carbocycles. The minimum atomic E-state index is -0.504. The molecule has 2 saturated carbocycles. The van der Waals surface area contributed by atoms with Gasteiger partial charge in [0.15, 0.2) is 0 Å². The molecule has 2 N–H and O–H groups in total. The topological polar surface area (TPSA) is 53.6 Å². The molecule has 29 heavy (non-hydrogen) atoms. The van der Waals surface area contributed by atoms with Crippen LogP contribution in [-0.4, -0.2) is 41.3 Å². The molecule has 3 aliphatic rings. The summed E-state index contributed by atoms with van der Waals surface area (Å²) in [5.41, 5.74) is 1.77. The zero-order chi connectivity index (χ0) is 20.6. The number of hydrogen-bond donors (Lipinski definition) is 2. The van der Waals surface area contributed by atoms with E-state index in [2.05, 4.69) is 22.5 Å². The van der Waals surface area contributed by atoms with Crippen molar-refractivity contribution in [3.8, 4) is 0 Å². The third-order valence-corrected chi connectivity index (χ3v) is 6.80. The maximum absolute atomic E-state index is 12.2. The Labute approximate surface area is 175 Å². The number of nitrogens with one attached hydrogen (secondary N) is 2. The summed E-state index contributed by atoms with van der Waals surface area (Å²) >= 11 is 0. The Morgan fingerprint density at radius 1 is 1.14 bits per heavy atom. The first-order chi connectivity index (χ1) is 13.7. The highest BCUT2D eigenvalue weighted by Crippen LogP contribution is 2.56. The van der Waals surface area contributed by atoms with E-state index in [4.69, 9.17) is 4.74 Å². The molecule has 0 radical (unpaired) electrons. The first-order valence-electron chi connectivity index (χ1n) is 11.4. The lowest BCUT2D eigenvalue weighted by molar-refractivity contribution is 0.0636. The van der Waals surface area contributed by atoms with Crippen LogP contribution in [0.25, 0.3) is 0 Å². The van der Waals surface area contributed by atoms with Gasteiger partial charge in [0.05, 0.1) is 11.4 Å². The van der Waals surface area contributed by atoms with Gasteiger partial charge in [0.1, 0.15) is 5.60 Å². The first-order valence-corrected chi connectivity index (χ1v) is 11.4. The van der Waals surface area contributed by atoms with Gasteiger partial charge in [0.25, 0.3) is 0 Å². The van der Waals surface area contributed by atoms with E-state index >= 15 is 0 Å². The first kappa shape index (κ1) is 20.5. The van der Waals surface area contributed by atoms with Crippen LogP contribution in [0, 0.1) is 11.8 Å². The zero-order valence-electron chi connectivity index (χ0n) is 18.5. The average molecular weight is 400 g/mol. The fourth-order valence-electron chi connectivity index (χ4n) is 4.97. The lowest BCUT2D eigenvalue weighted by Crippen LogP contribution is -2.47. The van der Waals surface area contributed by atoms with Crippen LogP contribution in [0.5, 0.6) is 0 Å². The van der Waals surface area contributed by atoms with E-state index in [0.717, 1.165) is 36.1 Å². The largest absolute Gasteiger partial charge is 0.444 e. The number of rotatable bonds is 6. The van der Waals surface area contributed by atoms with Crippen LogP contribution in [0.15, 0.2) is 24.3 Å². The number of piperidine rings is 1. The number of para-hydroxylation sites is 2. The highest BCUT2D eigenvalue weighted by Gasteiger charge is 2.57. The number of carbonyl (C=O) groups excluding carboxylic acids is 1. The van der Waals surface area contributed by atoms with E-state index in [1.54, 1.807) is 0 Å². The summed E-state index contributed by atoms with van der Waals surface area (Å²) in [5.74, 6) is 1.87. The molecule has 1 saturated heterocycles. The van der Waals surface area contributed by atoms with Crippen LogP contribution >= 0.6 is 0 Å². The zero-order valence-corrected chi connectivity index (χ0v) is 18.5. The number of anilines is 2. The molecule has 5 heteroatoms.